The van der Waals surface area contributed by atoms with E-state index in [4.69, 9.17) is 9.72 Å². The van der Waals surface area contributed by atoms with E-state index in [2.05, 4.69) is 20.5 Å². The van der Waals surface area contributed by atoms with Gasteiger partial charge in [-0.2, -0.15) is 0 Å². The van der Waals surface area contributed by atoms with Crippen molar-refractivity contribution in [1.82, 2.24) is 14.4 Å². The number of nitrogens with one attached hydrogen (secondary N) is 2. The lowest BCUT2D eigenvalue weighted by Crippen LogP contribution is -2.60. The summed E-state index contributed by atoms with van der Waals surface area (Å²) in [5.74, 6) is 1.09. The second kappa shape index (κ2) is 7.21. The fourth-order valence-electron chi connectivity index (χ4n) is 4.25. The summed E-state index contributed by atoms with van der Waals surface area (Å²) in [6, 6.07) is 13.6. The SMILES string of the molecule is CC1(O)CN(c2ccc(Nc3nc(-c4ccc5c(c4)NC(=O)CO5)cn4ccnc34)cc2)C1. The van der Waals surface area contributed by atoms with Crippen molar-refractivity contribution in [2.45, 2.75) is 12.5 Å². The molecule has 0 bridgehead atoms. The normalized spacial score (nSPS) is 16.5. The van der Waals surface area contributed by atoms with Crippen LogP contribution in [0.5, 0.6) is 5.75 Å². The molecule has 2 aliphatic rings. The number of hydrogen-bond donors (Lipinski definition) is 3. The Labute approximate surface area is 189 Å². The Kier molecular flexibility index (Phi) is 4.27. The minimum atomic E-state index is -0.612. The standard InChI is InChI=1S/C24H22N6O3/c1-24(32)13-30(14-24)17-5-3-16(4-6-17)26-22-23-25-8-9-29(23)11-19(28-22)15-2-7-20-18(10-15)27-21(31)12-33-20/h2-11,32H,12-14H2,1H3,(H,26,28)(H,27,31). The number of carbonyl (C=O) groups is 1. The molecule has 9 nitrogen and oxygen atoms in total. The van der Waals surface area contributed by atoms with Crippen molar-refractivity contribution in [2.24, 2.45) is 0 Å². The van der Waals surface area contributed by atoms with Crippen LogP contribution in [0.25, 0.3) is 16.9 Å². The number of amides is 1. The number of imidazole rings is 1. The number of carbonyl (C=O) groups excluding carboxylic acids is 1. The molecule has 0 aliphatic carbocycles. The largest absolute Gasteiger partial charge is 0.482 e. The fraction of sp³-hybridized carbons (Fsp3) is 0.208. The number of anilines is 4. The maximum Gasteiger partial charge on any atom is 0.262 e. The number of nitrogens with zero attached hydrogens (tertiary/aromatic N) is 4. The molecule has 0 spiro atoms. The molecule has 1 saturated heterocycles. The van der Waals surface area contributed by atoms with Gasteiger partial charge < -0.3 is 29.8 Å². The molecule has 2 aromatic heterocycles. The third kappa shape index (κ3) is 3.62. The quantitative estimate of drug-likeness (QED) is 0.446. The molecule has 0 radical (unpaired) electrons. The van der Waals surface area contributed by atoms with Crippen molar-refractivity contribution in [1.29, 1.82) is 0 Å². The van der Waals surface area contributed by atoms with Crippen molar-refractivity contribution in [3.63, 3.8) is 0 Å². The summed E-state index contributed by atoms with van der Waals surface area (Å²) >= 11 is 0. The van der Waals surface area contributed by atoms with E-state index in [1.54, 1.807) is 6.20 Å². The first kappa shape index (κ1) is 19.6. The number of aliphatic hydroxyl groups is 1. The minimum Gasteiger partial charge on any atom is -0.482 e. The van der Waals surface area contributed by atoms with E-state index < -0.39 is 5.60 Å². The van der Waals surface area contributed by atoms with Gasteiger partial charge in [0.1, 0.15) is 5.75 Å². The van der Waals surface area contributed by atoms with Crippen LogP contribution >= 0.6 is 0 Å². The Morgan fingerprint density at radius 2 is 2.00 bits per heavy atom. The van der Waals surface area contributed by atoms with Gasteiger partial charge in [-0.05, 0) is 49.4 Å². The second-order valence-electron chi connectivity index (χ2n) is 8.71. The number of benzene rings is 2. The molecule has 0 saturated carbocycles. The predicted octanol–water partition coefficient (Wildman–Crippen LogP) is 3.04. The zero-order valence-corrected chi connectivity index (χ0v) is 17.9. The first-order chi connectivity index (χ1) is 15.9. The molecule has 9 heteroatoms. The van der Waals surface area contributed by atoms with Crippen LogP contribution in [0.2, 0.25) is 0 Å². The average molecular weight is 442 g/mol. The molecule has 0 atom stereocenters. The summed E-state index contributed by atoms with van der Waals surface area (Å²) in [6.45, 7) is 3.13. The van der Waals surface area contributed by atoms with Crippen LogP contribution in [0.3, 0.4) is 0 Å². The van der Waals surface area contributed by atoms with Gasteiger partial charge in [-0.25, -0.2) is 9.97 Å². The van der Waals surface area contributed by atoms with Crippen LogP contribution in [0.4, 0.5) is 22.9 Å². The topological polar surface area (TPSA) is 104 Å². The van der Waals surface area contributed by atoms with E-state index in [1.165, 1.54) is 0 Å². The lowest BCUT2D eigenvalue weighted by Gasteiger charge is -2.45. The number of fused-ring (bicyclic) bond motifs is 2. The third-order valence-electron chi connectivity index (χ3n) is 5.84. The smallest absolute Gasteiger partial charge is 0.262 e. The number of ether oxygens (including phenoxy) is 1. The Bertz CT molecular complexity index is 1370. The highest BCUT2D eigenvalue weighted by atomic mass is 16.5. The molecule has 1 amide bonds. The lowest BCUT2D eigenvalue weighted by atomic mass is 9.96. The predicted molar refractivity (Wildman–Crippen MR) is 125 cm³/mol. The monoisotopic (exact) mass is 442 g/mol. The first-order valence-electron chi connectivity index (χ1n) is 10.7. The molecule has 1 fully saturated rings. The average Bonchev–Trinajstić information content (AvgIpc) is 3.26. The molecule has 166 valence electrons. The van der Waals surface area contributed by atoms with Gasteiger partial charge in [0, 0.05) is 48.6 Å². The molecule has 0 unspecified atom stereocenters. The number of hydrogen-bond acceptors (Lipinski definition) is 7. The van der Waals surface area contributed by atoms with E-state index in [9.17, 15) is 9.90 Å². The number of aromatic nitrogens is 3. The summed E-state index contributed by atoms with van der Waals surface area (Å²) < 4.78 is 7.37. The fourth-order valence-corrected chi connectivity index (χ4v) is 4.25. The Morgan fingerprint density at radius 1 is 1.18 bits per heavy atom. The molecule has 2 aliphatic heterocycles. The summed E-state index contributed by atoms with van der Waals surface area (Å²) in [5.41, 5.74) is 4.25. The summed E-state index contributed by atoms with van der Waals surface area (Å²) in [7, 11) is 0. The Hall–Kier alpha value is -4.11. The Balaban J connectivity index is 1.31. The van der Waals surface area contributed by atoms with E-state index in [-0.39, 0.29) is 12.5 Å². The van der Waals surface area contributed by atoms with E-state index in [0.717, 1.165) is 22.6 Å². The molecule has 4 heterocycles. The molecule has 4 aromatic rings. The maximum absolute atomic E-state index is 11.7. The molecule has 33 heavy (non-hydrogen) atoms. The van der Waals surface area contributed by atoms with E-state index >= 15 is 0 Å². The van der Waals surface area contributed by atoms with Crippen molar-refractivity contribution >= 4 is 34.4 Å². The van der Waals surface area contributed by atoms with Gasteiger partial charge in [0.25, 0.3) is 5.91 Å². The highest BCUT2D eigenvalue weighted by molar-refractivity contribution is 5.96. The summed E-state index contributed by atoms with van der Waals surface area (Å²) in [6.07, 6.45) is 5.50. The number of rotatable bonds is 4. The molecular formula is C24H22N6O3. The summed E-state index contributed by atoms with van der Waals surface area (Å²) in [4.78, 5) is 23.1. The van der Waals surface area contributed by atoms with Gasteiger partial charge in [-0.15, -0.1) is 0 Å². The van der Waals surface area contributed by atoms with Crippen molar-refractivity contribution in [3.8, 4) is 17.0 Å². The van der Waals surface area contributed by atoms with Crippen molar-refractivity contribution in [3.05, 3.63) is 61.1 Å². The third-order valence-corrected chi connectivity index (χ3v) is 5.84. The van der Waals surface area contributed by atoms with Gasteiger partial charge in [-0.3, -0.25) is 4.79 Å². The van der Waals surface area contributed by atoms with E-state index in [0.29, 0.717) is 36.0 Å². The van der Waals surface area contributed by atoms with Crippen LogP contribution in [0.1, 0.15) is 6.92 Å². The second-order valence-corrected chi connectivity index (χ2v) is 8.71. The van der Waals surface area contributed by atoms with Crippen LogP contribution in [0, 0.1) is 0 Å². The first-order valence-corrected chi connectivity index (χ1v) is 10.7. The lowest BCUT2D eigenvalue weighted by molar-refractivity contribution is -0.118. The zero-order valence-electron chi connectivity index (χ0n) is 17.9. The van der Waals surface area contributed by atoms with Crippen LogP contribution in [0.15, 0.2) is 61.1 Å². The number of β-amino-alcohol motifs (C(OH)–C–C–N with tert-alkyl or cyclic N) is 1. The Morgan fingerprint density at radius 3 is 2.79 bits per heavy atom. The van der Waals surface area contributed by atoms with Gasteiger partial charge in [0.05, 0.1) is 17.0 Å². The highest BCUT2D eigenvalue weighted by Gasteiger charge is 2.36. The van der Waals surface area contributed by atoms with Crippen LogP contribution < -0.4 is 20.3 Å². The van der Waals surface area contributed by atoms with Crippen LogP contribution in [-0.2, 0) is 4.79 Å². The molecular weight excluding hydrogens is 420 g/mol. The molecule has 6 rings (SSSR count). The van der Waals surface area contributed by atoms with Gasteiger partial charge in [0.2, 0.25) is 0 Å². The van der Waals surface area contributed by atoms with Gasteiger partial charge in [-0.1, -0.05) is 0 Å². The maximum atomic E-state index is 11.7. The van der Waals surface area contributed by atoms with Crippen molar-refractivity contribution in [2.75, 3.05) is 35.2 Å². The van der Waals surface area contributed by atoms with Crippen molar-refractivity contribution < 1.29 is 14.6 Å². The zero-order chi connectivity index (χ0) is 22.6. The van der Waals surface area contributed by atoms with Gasteiger partial charge in [0.15, 0.2) is 18.1 Å². The molecule has 2 aromatic carbocycles. The van der Waals surface area contributed by atoms with Gasteiger partial charge >= 0.3 is 0 Å². The molecule has 3 N–H and O–H groups in total. The minimum absolute atomic E-state index is 0.0233. The highest BCUT2D eigenvalue weighted by Crippen LogP contribution is 2.33. The van der Waals surface area contributed by atoms with Crippen LogP contribution in [-0.4, -0.2) is 50.7 Å². The van der Waals surface area contributed by atoms with E-state index in [1.807, 2.05) is 66.2 Å². The summed E-state index contributed by atoms with van der Waals surface area (Å²) in [5, 5.41) is 16.2.